The number of nitrogens with one attached hydrogen (secondary N) is 3. The summed E-state index contributed by atoms with van der Waals surface area (Å²) in [5.41, 5.74) is 4.74. The number of imidazole rings is 1. The number of ether oxygens (including phenoxy) is 2. The average molecular weight is 798 g/mol. The number of esters is 1. The molecule has 302 valence electrons. The van der Waals surface area contributed by atoms with E-state index in [2.05, 4.69) is 41.5 Å². The van der Waals surface area contributed by atoms with Crippen LogP contribution in [0.2, 0.25) is 0 Å². The highest BCUT2D eigenvalue weighted by molar-refractivity contribution is 5.94. The number of H-pyrrole nitrogens is 1. The zero-order valence-electron chi connectivity index (χ0n) is 32.8. The van der Waals surface area contributed by atoms with Crippen LogP contribution < -0.4 is 20.3 Å². The molecule has 0 saturated carbocycles. The molecule has 18 nitrogen and oxygen atoms in total. The van der Waals surface area contributed by atoms with Crippen LogP contribution in [0.4, 0.5) is 23.5 Å². The zero-order valence-corrected chi connectivity index (χ0v) is 32.8. The molecule has 1 aliphatic heterocycles. The smallest absolute Gasteiger partial charge is 0.328 e. The van der Waals surface area contributed by atoms with Gasteiger partial charge >= 0.3 is 5.97 Å². The van der Waals surface area contributed by atoms with E-state index in [4.69, 9.17) is 24.4 Å². The first kappa shape index (κ1) is 39.8. The topological polar surface area (TPSA) is 224 Å². The summed E-state index contributed by atoms with van der Waals surface area (Å²) in [6, 6.07) is 21.8. The van der Waals surface area contributed by atoms with E-state index in [9.17, 15) is 20.0 Å². The van der Waals surface area contributed by atoms with Crippen molar-refractivity contribution in [2.24, 2.45) is 0 Å². The van der Waals surface area contributed by atoms with Crippen molar-refractivity contribution in [3.8, 4) is 17.7 Å². The van der Waals surface area contributed by atoms with Gasteiger partial charge in [-0.1, -0.05) is 24.3 Å². The molecule has 1 atom stereocenters. The van der Waals surface area contributed by atoms with Crippen LogP contribution in [0, 0.1) is 11.3 Å². The van der Waals surface area contributed by atoms with E-state index in [-0.39, 0.29) is 35.8 Å². The molecule has 0 radical (unpaired) electrons. The molecule has 1 aliphatic rings. The molecule has 1 amide bonds. The second-order valence-corrected chi connectivity index (χ2v) is 13.9. The minimum atomic E-state index is -0.848. The number of aromatic nitrogens is 7. The lowest BCUT2D eigenvalue weighted by molar-refractivity contribution is -0.141. The monoisotopic (exact) mass is 797 g/mol. The van der Waals surface area contributed by atoms with Crippen LogP contribution in [0.1, 0.15) is 33.0 Å². The third-order valence-corrected chi connectivity index (χ3v) is 9.83. The van der Waals surface area contributed by atoms with Crippen molar-refractivity contribution in [1.29, 1.82) is 5.26 Å². The Labute approximate surface area is 339 Å². The Morgan fingerprint density at radius 3 is 2.47 bits per heavy atom. The maximum absolute atomic E-state index is 13.1. The fourth-order valence-electron chi connectivity index (χ4n) is 6.63. The quantitative estimate of drug-likeness (QED) is 0.109. The van der Waals surface area contributed by atoms with E-state index in [0.717, 1.165) is 39.4 Å². The number of aromatic amines is 1. The first-order valence-corrected chi connectivity index (χ1v) is 18.9. The van der Waals surface area contributed by atoms with E-state index in [1.807, 2.05) is 54.4 Å². The summed E-state index contributed by atoms with van der Waals surface area (Å²) < 4.78 is 10.5. The number of carbonyl (C=O) groups excluding carboxylic acids is 2. The van der Waals surface area contributed by atoms with E-state index in [1.165, 1.54) is 19.5 Å². The van der Waals surface area contributed by atoms with Gasteiger partial charge in [0.2, 0.25) is 23.7 Å². The fraction of sp³-hybridized carbons (Fsp3) is 0.293. The molecule has 4 heterocycles. The van der Waals surface area contributed by atoms with Crippen molar-refractivity contribution in [3.63, 3.8) is 0 Å². The molecule has 0 spiro atoms. The molecule has 0 unspecified atom stereocenters. The Morgan fingerprint density at radius 1 is 0.949 bits per heavy atom. The summed E-state index contributed by atoms with van der Waals surface area (Å²) in [6.45, 7) is 3.36. The Morgan fingerprint density at radius 2 is 1.73 bits per heavy atom. The van der Waals surface area contributed by atoms with Gasteiger partial charge in [0, 0.05) is 83.3 Å². The normalized spacial score (nSPS) is 13.4. The van der Waals surface area contributed by atoms with Crippen molar-refractivity contribution in [2.75, 3.05) is 69.5 Å². The molecule has 1 saturated heterocycles. The number of hydrogen-bond acceptors (Lipinski definition) is 16. The number of amides is 1. The van der Waals surface area contributed by atoms with Crippen LogP contribution in [0.25, 0.3) is 11.0 Å². The molecule has 3 aromatic carbocycles. The number of hydrogen-bond donors (Lipinski definition) is 4. The van der Waals surface area contributed by atoms with Crippen LogP contribution in [0.5, 0.6) is 11.6 Å². The van der Waals surface area contributed by atoms with Gasteiger partial charge in [0.15, 0.2) is 5.69 Å². The maximum atomic E-state index is 13.1. The summed E-state index contributed by atoms with van der Waals surface area (Å²) in [4.78, 5) is 61.8. The number of piperazine rings is 1. The lowest BCUT2D eigenvalue weighted by Gasteiger charge is -2.34. The molecule has 1 fully saturated rings. The third-order valence-electron chi connectivity index (χ3n) is 9.83. The first-order chi connectivity index (χ1) is 28.7. The van der Waals surface area contributed by atoms with Crippen molar-refractivity contribution in [2.45, 2.75) is 25.4 Å². The Hall–Kier alpha value is -7.39. The van der Waals surface area contributed by atoms with Crippen molar-refractivity contribution < 1.29 is 24.2 Å². The predicted octanol–water partition coefficient (Wildman–Crippen LogP) is 3.70. The van der Waals surface area contributed by atoms with Gasteiger partial charge in [-0.15, -0.1) is 0 Å². The summed E-state index contributed by atoms with van der Waals surface area (Å²) in [7, 11) is 4.81. The summed E-state index contributed by atoms with van der Waals surface area (Å²) in [6.07, 6.45) is 3.54. The molecular formula is C41H43N13O5. The van der Waals surface area contributed by atoms with Crippen molar-refractivity contribution in [3.05, 3.63) is 107 Å². The Balaban J connectivity index is 1.08. The van der Waals surface area contributed by atoms with Gasteiger partial charge in [-0.3, -0.25) is 9.69 Å². The maximum Gasteiger partial charge on any atom is 0.328 e. The molecular weight excluding hydrogens is 755 g/mol. The number of nitriles is 1. The zero-order chi connectivity index (χ0) is 41.3. The number of nitrogens with zero attached hydrogens (tertiary/aromatic N) is 10. The van der Waals surface area contributed by atoms with Crippen LogP contribution in [0.15, 0.2) is 79.1 Å². The number of carbonyl (C=O) groups is 2. The van der Waals surface area contributed by atoms with Gasteiger partial charge in [-0.05, 0) is 47.5 Å². The Bertz CT molecular complexity index is 2460. The number of anilines is 4. The highest BCUT2D eigenvalue weighted by atomic mass is 16.5. The minimum Gasteiger partial charge on any atom is -0.497 e. The highest BCUT2D eigenvalue weighted by Gasteiger charge is 2.26. The summed E-state index contributed by atoms with van der Waals surface area (Å²) in [5.74, 6) is 1.04. The van der Waals surface area contributed by atoms with Gasteiger partial charge in [0.05, 0.1) is 36.9 Å². The summed E-state index contributed by atoms with van der Waals surface area (Å²) >= 11 is 0. The van der Waals surface area contributed by atoms with Gasteiger partial charge in [-0.25, -0.2) is 19.7 Å². The molecule has 0 aliphatic carbocycles. The first-order valence-electron chi connectivity index (χ1n) is 18.9. The van der Waals surface area contributed by atoms with Gasteiger partial charge in [-0.2, -0.15) is 20.2 Å². The lowest BCUT2D eigenvalue weighted by atomic mass is 10.0. The van der Waals surface area contributed by atoms with Crippen LogP contribution in [-0.4, -0.2) is 122 Å². The highest BCUT2D eigenvalue weighted by Crippen LogP contribution is 2.23. The molecule has 6 aromatic rings. The van der Waals surface area contributed by atoms with Gasteiger partial charge in [0.25, 0.3) is 5.91 Å². The van der Waals surface area contributed by atoms with Crippen LogP contribution in [0.3, 0.4) is 0 Å². The Kier molecular flexibility index (Phi) is 12.3. The van der Waals surface area contributed by atoms with Crippen molar-refractivity contribution >= 4 is 46.4 Å². The van der Waals surface area contributed by atoms with E-state index in [0.29, 0.717) is 57.2 Å². The number of aromatic hydroxyl groups is 1. The third kappa shape index (κ3) is 9.95. The standard InChI is InChI=1S/C41H43N13O5/c1-52(16-13-34-46-31-12-11-30(58-2)23-32(31)47-34)41-50-39(49-40(51-41)48-33(38(57)59-3)22-26-7-9-27(24-42)10-8-26)45-29-6-4-5-28(21-29)25-53-17-19-54(20-18-53)37(56)35-36(55)44-15-14-43-35/h4-12,14-15,21,23,33H,13,16-20,22,25H2,1-3H3,(H,44,55)(H,46,47)(H2,45,48,49,50,51)/t33-/m0/s1. The molecule has 18 heteroatoms. The predicted molar refractivity (Wildman–Crippen MR) is 218 cm³/mol. The number of rotatable bonds is 15. The van der Waals surface area contributed by atoms with Crippen molar-refractivity contribution in [1.82, 2.24) is 44.7 Å². The number of benzene rings is 3. The SMILES string of the molecule is COC(=O)[C@H](Cc1ccc(C#N)cc1)Nc1nc(Nc2cccc(CN3CCN(C(=O)c4nccnc4O)CC3)c2)nc(N(C)CCc2nc3ccc(OC)cc3[nH]2)n1. The molecule has 7 rings (SSSR count). The van der Waals surface area contributed by atoms with Gasteiger partial charge in [0.1, 0.15) is 17.6 Å². The molecule has 3 aromatic heterocycles. The number of methoxy groups -OCH3 is 2. The second kappa shape index (κ2) is 18.3. The summed E-state index contributed by atoms with van der Waals surface area (Å²) in [5, 5.41) is 25.7. The average Bonchev–Trinajstić information content (AvgIpc) is 3.68. The van der Waals surface area contributed by atoms with Crippen LogP contribution >= 0.6 is 0 Å². The van der Waals surface area contributed by atoms with E-state index >= 15 is 0 Å². The number of likely N-dealkylation sites (N-methyl/N-ethyl adjacent to an activating group) is 1. The lowest BCUT2D eigenvalue weighted by Crippen LogP contribution is -2.48. The second-order valence-electron chi connectivity index (χ2n) is 13.9. The minimum absolute atomic E-state index is 0.0505. The fourth-order valence-corrected chi connectivity index (χ4v) is 6.63. The molecule has 0 bridgehead atoms. The largest absolute Gasteiger partial charge is 0.497 e. The van der Waals surface area contributed by atoms with Crippen LogP contribution in [-0.2, 0) is 28.9 Å². The van der Waals surface area contributed by atoms with E-state index in [1.54, 1.807) is 36.3 Å². The molecule has 59 heavy (non-hydrogen) atoms. The van der Waals surface area contributed by atoms with E-state index < -0.39 is 12.0 Å². The van der Waals surface area contributed by atoms with Gasteiger partial charge < -0.3 is 40.0 Å². The molecule has 4 N–H and O–H groups in total. The number of fused-ring (bicyclic) bond motifs is 1.